The summed E-state index contributed by atoms with van der Waals surface area (Å²) < 4.78 is 0.965. The highest BCUT2D eigenvalue weighted by Gasteiger charge is 2.34. The smallest absolute Gasteiger partial charge is 0.307 e. The quantitative estimate of drug-likeness (QED) is 0.934. The molecule has 0 aliphatic heterocycles. The van der Waals surface area contributed by atoms with Crippen molar-refractivity contribution in [2.45, 2.75) is 26.2 Å². The molecule has 2 atom stereocenters. The molecule has 0 saturated heterocycles. The fourth-order valence-corrected chi connectivity index (χ4v) is 3.28. The number of carboxylic acid groups (broad SMARTS) is 1. The lowest BCUT2D eigenvalue weighted by molar-refractivity contribution is -0.144. The third-order valence-corrected chi connectivity index (χ3v) is 4.30. The number of benzene rings is 1. The topological polar surface area (TPSA) is 54.4 Å². The van der Waals surface area contributed by atoms with E-state index in [0.717, 1.165) is 15.6 Å². The highest BCUT2D eigenvalue weighted by molar-refractivity contribution is 9.10. The van der Waals surface area contributed by atoms with E-state index in [1.54, 1.807) is 0 Å². The van der Waals surface area contributed by atoms with Gasteiger partial charge >= 0.3 is 5.97 Å². The molecule has 0 saturated carbocycles. The third-order valence-electron chi connectivity index (χ3n) is 3.56. The zero-order valence-electron chi connectivity index (χ0n) is 10.1. The van der Waals surface area contributed by atoms with Gasteiger partial charge in [-0.2, -0.15) is 0 Å². The van der Waals surface area contributed by atoms with Gasteiger partial charge in [-0.1, -0.05) is 28.1 Å². The summed E-state index contributed by atoms with van der Waals surface area (Å²) in [7, 11) is 0. The van der Waals surface area contributed by atoms with Gasteiger partial charge in [0.2, 0.25) is 0 Å². The lowest BCUT2D eigenvalue weighted by Crippen LogP contribution is -2.33. The van der Waals surface area contributed by atoms with Gasteiger partial charge in [0.1, 0.15) is 5.78 Å². The Bertz CT molecular complexity index is 496. The summed E-state index contributed by atoms with van der Waals surface area (Å²) in [6.07, 6.45) is 1.53. The minimum atomic E-state index is -0.803. The predicted octanol–water partition coefficient (Wildman–Crippen LogP) is 2.84. The van der Waals surface area contributed by atoms with Crippen LogP contribution in [-0.2, 0) is 22.4 Å². The van der Waals surface area contributed by atoms with Gasteiger partial charge in [0.15, 0.2) is 0 Å². The van der Waals surface area contributed by atoms with Gasteiger partial charge < -0.3 is 9.90 Å². The van der Waals surface area contributed by atoms with Gasteiger partial charge in [0.25, 0.3) is 0 Å². The molecule has 0 bridgehead atoms. The Morgan fingerprint density at radius 3 is 2.72 bits per heavy atom. The van der Waals surface area contributed by atoms with E-state index >= 15 is 0 Å². The van der Waals surface area contributed by atoms with E-state index in [1.807, 2.05) is 18.2 Å². The van der Waals surface area contributed by atoms with Crippen LogP contribution >= 0.6 is 15.9 Å². The van der Waals surface area contributed by atoms with E-state index in [9.17, 15) is 14.7 Å². The summed E-state index contributed by atoms with van der Waals surface area (Å²) in [4.78, 5) is 22.6. The molecule has 1 aliphatic rings. The van der Waals surface area contributed by atoms with E-state index in [0.29, 0.717) is 19.3 Å². The summed E-state index contributed by atoms with van der Waals surface area (Å²) in [5.41, 5.74) is 2.23. The summed E-state index contributed by atoms with van der Waals surface area (Å²) in [5, 5.41) is 9.31. The molecule has 1 aromatic rings. The zero-order valence-corrected chi connectivity index (χ0v) is 11.7. The van der Waals surface area contributed by atoms with Crippen molar-refractivity contribution in [3.63, 3.8) is 0 Å². The Balaban J connectivity index is 2.34. The average molecular weight is 311 g/mol. The van der Waals surface area contributed by atoms with Gasteiger partial charge in [0.05, 0.1) is 5.92 Å². The maximum Gasteiger partial charge on any atom is 0.307 e. The summed E-state index contributed by atoms with van der Waals surface area (Å²) >= 11 is 3.47. The van der Waals surface area contributed by atoms with Crippen LogP contribution in [0.4, 0.5) is 0 Å². The summed E-state index contributed by atoms with van der Waals surface area (Å²) in [5.74, 6) is -1.28. The highest BCUT2D eigenvalue weighted by Crippen LogP contribution is 2.36. The number of ketones is 1. The molecule has 2 rings (SSSR count). The lowest BCUT2D eigenvalue weighted by Gasteiger charge is -2.30. The molecule has 0 spiro atoms. The van der Waals surface area contributed by atoms with Crippen molar-refractivity contribution in [3.8, 4) is 0 Å². The molecule has 18 heavy (non-hydrogen) atoms. The van der Waals surface area contributed by atoms with Crippen molar-refractivity contribution >= 4 is 27.7 Å². The maximum absolute atomic E-state index is 11.3. The normalized spacial score (nSPS) is 22.3. The number of hydrogen-bond acceptors (Lipinski definition) is 2. The molecule has 0 fully saturated rings. The van der Waals surface area contributed by atoms with Gasteiger partial charge in [-0.05, 0) is 42.9 Å². The number of rotatable bonds is 3. The van der Waals surface area contributed by atoms with Crippen molar-refractivity contribution in [2.24, 2.45) is 11.8 Å². The van der Waals surface area contributed by atoms with Gasteiger partial charge in [-0.3, -0.25) is 4.79 Å². The standard InChI is InChI=1S/C14H15BrO3/c1-8(16)5-10-6-9-3-2-4-13(15)11(9)7-12(10)14(17)18/h2-4,10,12H,5-7H2,1H3,(H,17,18)/t10?,12-/m0/s1. The molecule has 1 aromatic carbocycles. The van der Waals surface area contributed by atoms with Crippen LogP contribution < -0.4 is 0 Å². The third kappa shape index (κ3) is 2.64. The molecule has 0 heterocycles. The molecule has 0 amide bonds. The second kappa shape index (κ2) is 5.22. The first-order valence-corrected chi connectivity index (χ1v) is 6.77. The van der Waals surface area contributed by atoms with Gasteiger partial charge in [-0.15, -0.1) is 0 Å². The van der Waals surface area contributed by atoms with Crippen molar-refractivity contribution in [3.05, 3.63) is 33.8 Å². The number of hydrogen-bond donors (Lipinski definition) is 1. The van der Waals surface area contributed by atoms with E-state index in [1.165, 1.54) is 6.92 Å². The molecule has 0 aromatic heterocycles. The van der Waals surface area contributed by atoms with Gasteiger partial charge in [0, 0.05) is 10.9 Å². The summed E-state index contributed by atoms with van der Waals surface area (Å²) in [6.45, 7) is 1.52. The Morgan fingerprint density at radius 1 is 1.39 bits per heavy atom. The maximum atomic E-state index is 11.3. The Kier molecular flexibility index (Phi) is 3.85. The minimum absolute atomic E-state index is 0.0599. The van der Waals surface area contributed by atoms with Crippen LogP contribution in [0, 0.1) is 11.8 Å². The average Bonchev–Trinajstić information content (AvgIpc) is 2.27. The Labute approximate surface area is 114 Å². The number of fused-ring (bicyclic) bond motifs is 1. The summed E-state index contributed by atoms with van der Waals surface area (Å²) in [6, 6.07) is 5.91. The number of carbonyl (C=O) groups is 2. The van der Waals surface area contributed by atoms with Crippen molar-refractivity contribution in [2.75, 3.05) is 0 Å². The van der Waals surface area contributed by atoms with Crippen LogP contribution in [0.25, 0.3) is 0 Å². The minimum Gasteiger partial charge on any atom is -0.481 e. The number of Topliss-reactive ketones (excluding diaryl/α,β-unsaturated/α-hetero) is 1. The Morgan fingerprint density at radius 2 is 2.11 bits per heavy atom. The van der Waals surface area contributed by atoms with Crippen molar-refractivity contribution < 1.29 is 14.7 Å². The van der Waals surface area contributed by atoms with E-state index in [2.05, 4.69) is 15.9 Å². The molecule has 3 nitrogen and oxygen atoms in total. The van der Waals surface area contributed by atoms with Crippen molar-refractivity contribution in [1.29, 1.82) is 0 Å². The fourth-order valence-electron chi connectivity index (χ4n) is 2.71. The van der Waals surface area contributed by atoms with Crippen LogP contribution in [0.3, 0.4) is 0 Å². The predicted molar refractivity (Wildman–Crippen MR) is 71.5 cm³/mol. The fraction of sp³-hybridized carbons (Fsp3) is 0.429. The zero-order chi connectivity index (χ0) is 13.3. The first-order valence-electron chi connectivity index (χ1n) is 5.97. The lowest BCUT2D eigenvalue weighted by atomic mass is 9.74. The van der Waals surface area contributed by atoms with Gasteiger partial charge in [-0.25, -0.2) is 0 Å². The second-order valence-electron chi connectivity index (χ2n) is 4.90. The molecular weight excluding hydrogens is 296 g/mol. The second-order valence-corrected chi connectivity index (χ2v) is 5.75. The van der Waals surface area contributed by atoms with E-state index in [4.69, 9.17) is 0 Å². The van der Waals surface area contributed by atoms with Crippen molar-refractivity contribution in [1.82, 2.24) is 0 Å². The van der Waals surface area contributed by atoms with Crippen LogP contribution in [0.15, 0.2) is 22.7 Å². The molecule has 1 N–H and O–H groups in total. The molecular formula is C14H15BrO3. The number of carboxylic acids is 1. The van der Waals surface area contributed by atoms with Crippen LogP contribution in [0.1, 0.15) is 24.5 Å². The number of halogens is 1. The van der Waals surface area contributed by atoms with Crippen LogP contribution in [0.5, 0.6) is 0 Å². The molecule has 4 heteroatoms. The van der Waals surface area contributed by atoms with Crippen LogP contribution in [0.2, 0.25) is 0 Å². The molecule has 1 aliphatic carbocycles. The monoisotopic (exact) mass is 310 g/mol. The molecule has 96 valence electrons. The Hall–Kier alpha value is -1.16. The number of aliphatic carboxylic acids is 1. The SMILES string of the molecule is CC(=O)CC1Cc2cccc(Br)c2C[C@@H]1C(=O)O. The van der Waals surface area contributed by atoms with E-state index in [-0.39, 0.29) is 11.7 Å². The molecule has 0 radical (unpaired) electrons. The number of carbonyl (C=O) groups excluding carboxylic acids is 1. The first kappa shape index (κ1) is 13.3. The van der Waals surface area contributed by atoms with Crippen LogP contribution in [-0.4, -0.2) is 16.9 Å². The highest BCUT2D eigenvalue weighted by atomic mass is 79.9. The molecule has 1 unspecified atom stereocenters. The largest absolute Gasteiger partial charge is 0.481 e. The van der Waals surface area contributed by atoms with E-state index < -0.39 is 11.9 Å². The first-order chi connectivity index (χ1) is 8.49.